The Morgan fingerprint density at radius 3 is 2.43 bits per heavy atom. The van der Waals surface area contributed by atoms with Crippen LogP contribution in [0.3, 0.4) is 0 Å². The monoisotopic (exact) mass is 290 g/mol. The Labute approximate surface area is 125 Å². The molecule has 1 N–H and O–H groups in total. The van der Waals surface area contributed by atoms with Crippen molar-refractivity contribution in [1.29, 1.82) is 0 Å². The lowest BCUT2D eigenvalue weighted by Gasteiger charge is -2.24. The first-order valence-electron chi connectivity index (χ1n) is 7.48. The summed E-state index contributed by atoms with van der Waals surface area (Å²) in [5.74, 6) is 1.35. The minimum atomic E-state index is 0.0570. The molecule has 1 aromatic carbocycles. The standard InChI is InChI=1S/C16H22N2O3/c1-20-14-7-11(8-15(9-14)21-2)16(19)18-6-5-12-3-4-13(10-18)17-12/h7-9,12-13,17H,3-6,10H2,1-2H3. The van der Waals surface area contributed by atoms with Crippen LogP contribution in [0.2, 0.25) is 0 Å². The summed E-state index contributed by atoms with van der Waals surface area (Å²) >= 11 is 0. The summed E-state index contributed by atoms with van der Waals surface area (Å²) in [6.45, 7) is 1.60. The number of carbonyl (C=O) groups is 1. The van der Waals surface area contributed by atoms with Crippen molar-refractivity contribution in [2.24, 2.45) is 0 Å². The zero-order valence-electron chi connectivity index (χ0n) is 12.6. The van der Waals surface area contributed by atoms with E-state index < -0.39 is 0 Å². The highest BCUT2D eigenvalue weighted by Crippen LogP contribution is 2.25. The van der Waals surface area contributed by atoms with Crippen LogP contribution >= 0.6 is 0 Å². The summed E-state index contributed by atoms with van der Waals surface area (Å²) in [6.07, 6.45) is 3.43. The zero-order valence-corrected chi connectivity index (χ0v) is 12.6. The van der Waals surface area contributed by atoms with Crippen LogP contribution < -0.4 is 14.8 Å². The SMILES string of the molecule is COc1cc(OC)cc(C(=O)N2CCC3CCC(C2)N3)c1. The Morgan fingerprint density at radius 2 is 1.76 bits per heavy atom. The van der Waals surface area contributed by atoms with Gasteiger partial charge in [0.2, 0.25) is 0 Å². The van der Waals surface area contributed by atoms with Crippen LogP contribution in [0.5, 0.6) is 11.5 Å². The average molecular weight is 290 g/mol. The smallest absolute Gasteiger partial charge is 0.254 e. The normalized spacial score (nSPS) is 24.6. The number of benzene rings is 1. The van der Waals surface area contributed by atoms with Gasteiger partial charge in [0.1, 0.15) is 11.5 Å². The lowest BCUT2D eigenvalue weighted by atomic mass is 10.1. The first kappa shape index (κ1) is 14.2. The number of amides is 1. The summed E-state index contributed by atoms with van der Waals surface area (Å²) in [6, 6.07) is 6.35. The molecule has 0 spiro atoms. The molecule has 0 aliphatic carbocycles. The Balaban J connectivity index is 1.81. The molecule has 2 unspecified atom stereocenters. The third-order valence-electron chi connectivity index (χ3n) is 4.41. The van der Waals surface area contributed by atoms with Gasteiger partial charge in [-0.15, -0.1) is 0 Å². The molecule has 2 atom stereocenters. The summed E-state index contributed by atoms with van der Waals surface area (Å²) in [5, 5.41) is 3.59. The van der Waals surface area contributed by atoms with Crippen molar-refractivity contribution in [3.63, 3.8) is 0 Å². The maximum Gasteiger partial charge on any atom is 0.254 e. The first-order chi connectivity index (χ1) is 10.2. The molecular weight excluding hydrogens is 268 g/mol. The molecule has 5 heteroatoms. The van der Waals surface area contributed by atoms with Crippen LogP contribution in [0.25, 0.3) is 0 Å². The predicted octanol–water partition coefficient (Wildman–Crippen LogP) is 1.67. The van der Waals surface area contributed by atoms with Crippen LogP contribution in [0.1, 0.15) is 29.6 Å². The zero-order chi connectivity index (χ0) is 14.8. The number of hydrogen-bond donors (Lipinski definition) is 1. The predicted molar refractivity (Wildman–Crippen MR) is 80.0 cm³/mol. The van der Waals surface area contributed by atoms with E-state index in [0.717, 1.165) is 25.9 Å². The van der Waals surface area contributed by atoms with E-state index >= 15 is 0 Å². The number of fused-ring (bicyclic) bond motifs is 2. The summed E-state index contributed by atoms with van der Waals surface area (Å²) in [4.78, 5) is 14.7. The van der Waals surface area contributed by atoms with Gasteiger partial charge in [-0.3, -0.25) is 4.79 Å². The lowest BCUT2D eigenvalue weighted by Crippen LogP contribution is -2.39. The van der Waals surface area contributed by atoms with Gasteiger partial charge in [-0.1, -0.05) is 0 Å². The molecule has 2 bridgehead atoms. The fourth-order valence-electron chi connectivity index (χ4n) is 3.24. The molecule has 1 aromatic rings. The molecule has 2 saturated heterocycles. The highest BCUT2D eigenvalue weighted by Gasteiger charge is 2.31. The number of likely N-dealkylation sites (tertiary alicyclic amines) is 1. The Morgan fingerprint density at radius 1 is 1.10 bits per heavy atom. The van der Waals surface area contributed by atoms with Crippen molar-refractivity contribution in [2.45, 2.75) is 31.3 Å². The van der Waals surface area contributed by atoms with Crippen molar-refractivity contribution in [3.8, 4) is 11.5 Å². The molecule has 2 fully saturated rings. The van der Waals surface area contributed by atoms with Crippen molar-refractivity contribution in [1.82, 2.24) is 10.2 Å². The number of rotatable bonds is 3. The van der Waals surface area contributed by atoms with E-state index in [1.54, 1.807) is 32.4 Å². The molecule has 2 aliphatic heterocycles. The number of nitrogens with zero attached hydrogens (tertiary/aromatic N) is 1. The fraction of sp³-hybridized carbons (Fsp3) is 0.562. The molecule has 2 aliphatic rings. The van der Waals surface area contributed by atoms with Gasteiger partial charge in [0, 0.05) is 36.8 Å². The molecular formula is C16H22N2O3. The maximum atomic E-state index is 12.8. The van der Waals surface area contributed by atoms with E-state index in [4.69, 9.17) is 9.47 Å². The summed E-state index contributed by atoms with van der Waals surface area (Å²) < 4.78 is 10.5. The number of carbonyl (C=O) groups excluding carboxylic acids is 1. The summed E-state index contributed by atoms with van der Waals surface area (Å²) in [7, 11) is 3.19. The highest BCUT2D eigenvalue weighted by atomic mass is 16.5. The third kappa shape index (κ3) is 2.97. The molecule has 21 heavy (non-hydrogen) atoms. The molecule has 0 saturated carbocycles. The van der Waals surface area contributed by atoms with Gasteiger partial charge in [0.25, 0.3) is 5.91 Å². The van der Waals surface area contributed by atoms with Crippen molar-refractivity contribution < 1.29 is 14.3 Å². The van der Waals surface area contributed by atoms with E-state index in [1.807, 2.05) is 4.90 Å². The van der Waals surface area contributed by atoms with Gasteiger partial charge >= 0.3 is 0 Å². The molecule has 114 valence electrons. The highest BCUT2D eigenvalue weighted by molar-refractivity contribution is 5.95. The Hall–Kier alpha value is -1.75. The van der Waals surface area contributed by atoms with Gasteiger partial charge < -0.3 is 19.7 Å². The second kappa shape index (κ2) is 5.93. The number of methoxy groups -OCH3 is 2. The number of ether oxygens (including phenoxy) is 2. The van der Waals surface area contributed by atoms with E-state index in [9.17, 15) is 4.79 Å². The minimum Gasteiger partial charge on any atom is -0.497 e. The van der Waals surface area contributed by atoms with Crippen LogP contribution in [-0.2, 0) is 0 Å². The van der Waals surface area contributed by atoms with Crippen molar-refractivity contribution in [2.75, 3.05) is 27.3 Å². The van der Waals surface area contributed by atoms with Crippen molar-refractivity contribution >= 4 is 5.91 Å². The Kier molecular flexibility index (Phi) is 4.01. The van der Waals surface area contributed by atoms with Crippen LogP contribution in [0.15, 0.2) is 18.2 Å². The fourth-order valence-corrected chi connectivity index (χ4v) is 3.24. The second-order valence-electron chi connectivity index (χ2n) is 5.78. The minimum absolute atomic E-state index is 0.0570. The first-order valence-corrected chi connectivity index (χ1v) is 7.48. The number of nitrogens with one attached hydrogen (secondary N) is 1. The molecule has 3 rings (SSSR count). The van der Waals surface area contributed by atoms with Crippen molar-refractivity contribution in [3.05, 3.63) is 23.8 Å². The quantitative estimate of drug-likeness (QED) is 0.920. The van der Waals surface area contributed by atoms with Crippen LogP contribution in [0, 0.1) is 0 Å². The van der Waals surface area contributed by atoms with Gasteiger partial charge in [0.15, 0.2) is 0 Å². The van der Waals surface area contributed by atoms with Gasteiger partial charge in [-0.2, -0.15) is 0 Å². The summed E-state index contributed by atoms with van der Waals surface area (Å²) in [5.41, 5.74) is 0.629. The van der Waals surface area contributed by atoms with E-state index in [0.29, 0.717) is 29.1 Å². The van der Waals surface area contributed by atoms with E-state index in [2.05, 4.69) is 5.32 Å². The largest absolute Gasteiger partial charge is 0.497 e. The second-order valence-corrected chi connectivity index (χ2v) is 5.78. The molecule has 5 nitrogen and oxygen atoms in total. The van der Waals surface area contributed by atoms with Gasteiger partial charge in [0.05, 0.1) is 14.2 Å². The van der Waals surface area contributed by atoms with Gasteiger partial charge in [-0.25, -0.2) is 0 Å². The average Bonchev–Trinajstić information content (AvgIpc) is 2.85. The van der Waals surface area contributed by atoms with Gasteiger partial charge in [-0.05, 0) is 31.4 Å². The Bertz CT molecular complexity index is 510. The number of hydrogen-bond acceptors (Lipinski definition) is 4. The molecule has 0 aromatic heterocycles. The molecule has 1 amide bonds. The van der Waals surface area contributed by atoms with Crippen LogP contribution in [-0.4, -0.2) is 50.2 Å². The van der Waals surface area contributed by atoms with Crippen LogP contribution in [0.4, 0.5) is 0 Å². The van der Waals surface area contributed by atoms with E-state index in [1.165, 1.54) is 6.42 Å². The topological polar surface area (TPSA) is 50.8 Å². The third-order valence-corrected chi connectivity index (χ3v) is 4.41. The maximum absolute atomic E-state index is 12.8. The molecule has 0 radical (unpaired) electrons. The van der Waals surface area contributed by atoms with E-state index in [-0.39, 0.29) is 5.91 Å². The molecule has 2 heterocycles. The lowest BCUT2D eigenvalue weighted by molar-refractivity contribution is 0.0747.